The van der Waals surface area contributed by atoms with E-state index in [2.05, 4.69) is 54.5 Å². The van der Waals surface area contributed by atoms with Gasteiger partial charge in [0.05, 0.1) is 24.7 Å². The molecular weight excluding hydrogens is 881 g/mol. The predicted octanol–water partition coefficient (Wildman–Crippen LogP) is 0.233. The van der Waals surface area contributed by atoms with Crippen molar-refractivity contribution in [1.29, 1.82) is 0 Å². The molecule has 0 amide bonds. The minimum Gasteiger partial charge on any atom is -0.479 e. The lowest BCUT2D eigenvalue weighted by molar-refractivity contribution is -0.374. The summed E-state index contributed by atoms with van der Waals surface area (Å²) in [5.41, 5.74) is -1.05. The molecule has 67 heavy (non-hydrogen) atoms. The van der Waals surface area contributed by atoms with Crippen molar-refractivity contribution in [2.45, 2.75) is 211 Å². The van der Waals surface area contributed by atoms with Crippen molar-refractivity contribution < 1.29 is 94.2 Å². The number of aliphatic carboxylic acids is 1. The zero-order valence-corrected chi connectivity index (χ0v) is 39.7. The number of allylic oxidation sites excluding steroid dienone is 2. The molecule has 3 heterocycles. The van der Waals surface area contributed by atoms with Crippen molar-refractivity contribution in [2.24, 2.45) is 50.2 Å². The number of carboxylic acids is 1. The van der Waals surface area contributed by atoms with E-state index in [0.717, 1.165) is 38.5 Å². The van der Waals surface area contributed by atoms with Crippen molar-refractivity contribution in [3.05, 3.63) is 11.6 Å². The highest BCUT2D eigenvalue weighted by atomic mass is 16.8. The Morgan fingerprint density at radius 1 is 0.642 bits per heavy atom. The van der Waals surface area contributed by atoms with Gasteiger partial charge in [-0.3, -0.25) is 4.79 Å². The number of aliphatic hydroxyl groups excluding tert-OH is 10. The quantitative estimate of drug-likeness (QED) is 0.0838. The van der Waals surface area contributed by atoms with Gasteiger partial charge in [-0.05, 0) is 109 Å². The van der Waals surface area contributed by atoms with Gasteiger partial charge in [0.1, 0.15) is 67.1 Å². The maximum atomic E-state index is 14.7. The van der Waals surface area contributed by atoms with E-state index in [1.807, 2.05) is 0 Å². The van der Waals surface area contributed by atoms with Crippen LogP contribution in [0.15, 0.2) is 11.6 Å². The van der Waals surface area contributed by atoms with E-state index in [4.69, 9.17) is 28.4 Å². The van der Waals surface area contributed by atoms with Crippen LogP contribution in [0, 0.1) is 50.2 Å². The van der Waals surface area contributed by atoms with Crippen LogP contribution in [0.25, 0.3) is 0 Å². The Bertz CT molecular complexity index is 1870. The number of fused-ring (bicyclic) bond motifs is 7. The normalized spacial score (nSPS) is 52.6. The van der Waals surface area contributed by atoms with Crippen LogP contribution in [0.2, 0.25) is 0 Å². The van der Waals surface area contributed by atoms with E-state index in [0.29, 0.717) is 25.7 Å². The first-order valence-electron chi connectivity index (χ1n) is 24.3. The molecule has 0 bridgehead atoms. The monoisotopic (exact) mass is 956 g/mol. The number of esters is 1. The first-order valence-corrected chi connectivity index (χ1v) is 24.3. The third-order valence-electron chi connectivity index (χ3n) is 19.3. The fourth-order valence-electron chi connectivity index (χ4n) is 15.0. The van der Waals surface area contributed by atoms with Crippen LogP contribution >= 0.6 is 0 Å². The summed E-state index contributed by atoms with van der Waals surface area (Å²) in [5.74, 6) is -1.94. The molecule has 0 aromatic heterocycles. The van der Waals surface area contributed by atoms with E-state index in [1.54, 1.807) is 0 Å². The minimum absolute atomic E-state index is 0.0828. The molecule has 8 rings (SSSR count). The van der Waals surface area contributed by atoms with Crippen LogP contribution in [0.1, 0.15) is 113 Å². The summed E-state index contributed by atoms with van der Waals surface area (Å²) in [4.78, 5) is 27.0. The molecule has 19 nitrogen and oxygen atoms in total. The number of aliphatic hydroxyl groups is 10. The standard InChI is InChI=1S/C48H76O19/c1-43(2)14-16-48(42(61)67-40-35(58)31(54)29(52)24(20-50)63-40)17-15-46(6)21(22(48)18-43)8-9-26-45(5)12-11-27(44(3,4)25(45)10-13-47(26,46)7)64-41-37(33(56)32(55)36(65-41)38(59)60)66-39-34(57)30(53)28(51)23(19-49)62-39/h8,22-37,39-41,49-58H,9-20H2,1-7H3,(H,59,60)/t22-,23+,24+,25-,26+,27-,28-,29+,30-,31-,32-,33-,34-,35+,36-,37+,39-,40-,41+,45-,46+,47+,48-/m0/s1. The molecule has 0 aromatic carbocycles. The fourth-order valence-corrected chi connectivity index (χ4v) is 15.0. The van der Waals surface area contributed by atoms with Crippen molar-refractivity contribution >= 4 is 11.9 Å². The highest BCUT2D eigenvalue weighted by Gasteiger charge is 2.70. The van der Waals surface area contributed by atoms with Gasteiger partial charge in [0.25, 0.3) is 0 Å². The molecule has 8 aliphatic rings. The van der Waals surface area contributed by atoms with Gasteiger partial charge in [-0.2, -0.15) is 0 Å². The van der Waals surface area contributed by atoms with Crippen LogP contribution in [0.3, 0.4) is 0 Å². The van der Waals surface area contributed by atoms with Crippen LogP contribution in [0.5, 0.6) is 0 Å². The Labute approximate surface area is 391 Å². The largest absolute Gasteiger partial charge is 0.479 e. The lowest BCUT2D eigenvalue weighted by atomic mass is 9.33. The molecule has 0 spiro atoms. The summed E-state index contributed by atoms with van der Waals surface area (Å²) in [5, 5.41) is 115. The average molecular weight is 957 g/mol. The van der Waals surface area contributed by atoms with Gasteiger partial charge in [0, 0.05) is 0 Å². The SMILES string of the molecule is CC1(C)CC[C@]2(C(=O)O[C@@H]3O[C@H](CO)[C@@H](O)[C@H](O)[C@H]3O)CC[C@]3(C)C(=CC[C@@H]4[C@@]5(C)CC[C@H](O[C@@H]6O[C@H](C(=O)O)[C@@H](O)[C@H](O)[C@H]6O[C@@H]6O[C@H](CO)[C@H](O)[C@H](O)[C@@H]6O)C(C)(C)[C@@H]5CC[C@]43C)[C@@H]2C1. The van der Waals surface area contributed by atoms with Crippen molar-refractivity contribution in [3.63, 3.8) is 0 Å². The summed E-state index contributed by atoms with van der Waals surface area (Å²) in [6, 6.07) is 0. The third-order valence-corrected chi connectivity index (χ3v) is 19.3. The zero-order chi connectivity index (χ0) is 49.1. The van der Waals surface area contributed by atoms with Gasteiger partial charge in [0.2, 0.25) is 6.29 Å². The molecule has 7 fully saturated rings. The second-order valence-corrected chi connectivity index (χ2v) is 23.5. The molecule has 4 saturated carbocycles. The predicted molar refractivity (Wildman–Crippen MR) is 231 cm³/mol. The molecule has 0 aromatic rings. The third kappa shape index (κ3) is 8.06. The van der Waals surface area contributed by atoms with Crippen molar-refractivity contribution in [3.8, 4) is 0 Å². The molecule has 5 aliphatic carbocycles. The second kappa shape index (κ2) is 18.0. The molecule has 3 aliphatic heterocycles. The summed E-state index contributed by atoms with van der Waals surface area (Å²) in [7, 11) is 0. The molecule has 0 radical (unpaired) electrons. The second-order valence-electron chi connectivity index (χ2n) is 23.5. The number of ether oxygens (including phenoxy) is 6. The number of carbonyl (C=O) groups excluding carboxylic acids is 1. The molecule has 23 atom stereocenters. The fraction of sp³-hybridized carbons (Fsp3) is 0.917. The maximum Gasteiger partial charge on any atom is 0.335 e. The molecule has 3 saturated heterocycles. The van der Waals surface area contributed by atoms with Crippen LogP contribution in [-0.4, -0.2) is 180 Å². The van der Waals surface area contributed by atoms with E-state index < -0.39 is 134 Å². The smallest absolute Gasteiger partial charge is 0.335 e. The van der Waals surface area contributed by atoms with E-state index in [1.165, 1.54) is 5.57 Å². The molecule has 11 N–H and O–H groups in total. The lowest BCUT2D eigenvalue weighted by Gasteiger charge is -2.71. The number of carbonyl (C=O) groups is 2. The van der Waals surface area contributed by atoms with Gasteiger partial charge < -0.3 is 84.6 Å². The van der Waals surface area contributed by atoms with Gasteiger partial charge in [-0.25, -0.2) is 4.79 Å². The number of hydrogen-bond donors (Lipinski definition) is 11. The average Bonchev–Trinajstić information content (AvgIpc) is 3.26. The van der Waals surface area contributed by atoms with Gasteiger partial charge >= 0.3 is 11.9 Å². The van der Waals surface area contributed by atoms with E-state index >= 15 is 0 Å². The highest BCUT2D eigenvalue weighted by molar-refractivity contribution is 5.79. The Balaban J connectivity index is 1.05. The van der Waals surface area contributed by atoms with Crippen LogP contribution < -0.4 is 0 Å². The Morgan fingerprint density at radius 2 is 1.24 bits per heavy atom. The zero-order valence-electron chi connectivity index (χ0n) is 39.7. The lowest BCUT2D eigenvalue weighted by Crippen LogP contribution is -2.67. The van der Waals surface area contributed by atoms with Gasteiger partial charge in [0.15, 0.2) is 18.7 Å². The summed E-state index contributed by atoms with van der Waals surface area (Å²) in [6.07, 6.45) is -16.4. The van der Waals surface area contributed by atoms with Crippen molar-refractivity contribution in [1.82, 2.24) is 0 Å². The van der Waals surface area contributed by atoms with E-state index in [-0.39, 0.29) is 39.4 Å². The topological polar surface area (TPSA) is 312 Å². The highest BCUT2D eigenvalue weighted by Crippen LogP contribution is 2.76. The summed E-state index contributed by atoms with van der Waals surface area (Å²) >= 11 is 0. The Kier molecular flexibility index (Phi) is 13.8. The number of rotatable bonds is 9. The number of hydrogen-bond acceptors (Lipinski definition) is 18. The number of carboxylic acid groups (broad SMARTS) is 1. The Morgan fingerprint density at radius 3 is 1.85 bits per heavy atom. The molecule has 19 heteroatoms. The van der Waals surface area contributed by atoms with Crippen LogP contribution in [0.4, 0.5) is 0 Å². The first kappa shape index (κ1) is 51.4. The summed E-state index contributed by atoms with van der Waals surface area (Å²) in [6.45, 7) is 14.4. The van der Waals surface area contributed by atoms with E-state index in [9.17, 15) is 65.8 Å². The van der Waals surface area contributed by atoms with Crippen molar-refractivity contribution in [2.75, 3.05) is 13.2 Å². The Hall–Kier alpha value is -1.92. The van der Waals surface area contributed by atoms with Gasteiger partial charge in [-0.1, -0.05) is 60.1 Å². The minimum atomic E-state index is -1.98. The maximum absolute atomic E-state index is 14.7. The summed E-state index contributed by atoms with van der Waals surface area (Å²) < 4.78 is 35.7. The molecule has 382 valence electrons. The van der Waals surface area contributed by atoms with Crippen LogP contribution in [-0.2, 0) is 38.0 Å². The first-order chi connectivity index (χ1) is 31.2. The molecule has 0 unspecified atom stereocenters. The van der Waals surface area contributed by atoms with Gasteiger partial charge in [-0.15, -0.1) is 0 Å². The molecular formula is C48H76O19.